The molecule has 4 rings (SSSR count). The van der Waals surface area contributed by atoms with E-state index in [1.807, 2.05) is 25.3 Å². The summed E-state index contributed by atoms with van der Waals surface area (Å²) < 4.78 is 2.40. The lowest BCUT2D eigenvalue weighted by molar-refractivity contribution is 0.0951. The maximum Gasteiger partial charge on any atom is 0.254 e. The number of aromatic nitrogens is 2. The van der Waals surface area contributed by atoms with Crippen molar-refractivity contribution in [1.82, 2.24) is 19.8 Å². The highest BCUT2D eigenvalue weighted by atomic mass is 32.2. The first kappa shape index (κ1) is 29.7. The summed E-state index contributed by atoms with van der Waals surface area (Å²) in [6.45, 7) is 13.8. The highest BCUT2D eigenvalue weighted by Gasteiger charge is 2.32. The number of aromatic amines is 1. The van der Waals surface area contributed by atoms with Crippen molar-refractivity contribution in [2.24, 2.45) is 5.92 Å². The molecule has 1 amide bonds. The Kier molecular flexibility index (Phi) is 9.18. The second-order valence-corrected chi connectivity index (χ2v) is 18.9. The summed E-state index contributed by atoms with van der Waals surface area (Å²) in [5.41, 5.74) is 4.12. The molecule has 212 valence electrons. The molecule has 0 saturated heterocycles. The van der Waals surface area contributed by atoms with Crippen LogP contribution in [0, 0.1) is 19.8 Å². The zero-order chi connectivity index (χ0) is 28.5. The van der Waals surface area contributed by atoms with Crippen molar-refractivity contribution in [2.45, 2.75) is 89.6 Å². The molecule has 2 N–H and O–H groups in total. The molecule has 0 radical (unpaired) electrons. The molecule has 0 aliphatic heterocycles. The average Bonchev–Trinajstić information content (AvgIpc) is 3.17. The van der Waals surface area contributed by atoms with Gasteiger partial charge in [0.05, 0.1) is 13.6 Å². The third-order valence-corrected chi connectivity index (χ3v) is 10.7. The van der Waals surface area contributed by atoms with Crippen LogP contribution in [-0.2, 0) is 6.54 Å². The van der Waals surface area contributed by atoms with Crippen LogP contribution < -0.4 is 10.9 Å². The molecule has 1 aromatic carbocycles. The predicted octanol–water partition coefficient (Wildman–Crippen LogP) is 6.53. The molecule has 0 unspecified atom stereocenters. The second kappa shape index (κ2) is 12.1. The van der Waals surface area contributed by atoms with E-state index in [2.05, 4.69) is 78.5 Å². The van der Waals surface area contributed by atoms with Crippen LogP contribution in [0.25, 0.3) is 10.9 Å². The molecule has 0 spiro atoms. The van der Waals surface area contributed by atoms with E-state index in [0.717, 1.165) is 32.7 Å². The van der Waals surface area contributed by atoms with Crippen LogP contribution in [0.1, 0.15) is 66.0 Å². The van der Waals surface area contributed by atoms with Gasteiger partial charge in [-0.1, -0.05) is 37.8 Å². The number of hydrogen-bond donors (Lipinski definition) is 2. The van der Waals surface area contributed by atoms with E-state index in [1.54, 1.807) is 0 Å². The topological polar surface area (TPSA) is 70.1 Å². The van der Waals surface area contributed by atoms with Gasteiger partial charge in [0.2, 0.25) is 0 Å². The van der Waals surface area contributed by atoms with Crippen LogP contribution in [0.4, 0.5) is 0 Å². The second-order valence-electron chi connectivity index (χ2n) is 12.6. The van der Waals surface area contributed by atoms with Gasteiger partial charge < -0.3 is 19.8 Å². The summed E-state index contributed by atoms with van der Waals surface area (Å²) in [4.78, 5) is 32.6. The standard InChI is InChI=1S/C31H46N4O2SSi/c1-20-17-28(38-5)26(30(36)33-20)18-32-31(37)29-22(3)35(27-12-10-9-11-25(27)29)21(2)23-13-15-24(16-14-23)34(4)19-39(6,7)8/h9-12,17,21,23-24H,13-16,18-19H2,1-8H3,(H,32,37)(H,33,36)/t21-,23?,24?/m1/s1. The van der Waals surface area contributed by atoms with Gasteiger partial charge >= 0.3 is 0 Å². The van der Waals surface area contributed by atoms with E-state index < -0.39 is 8.07 Å². The Morgan fingerprint density at radius 1 is 1.18 bits per heavy atom. The van der Waals surface area contributed by atoms with Crippen molar-refractivity contribution in [3.63, 3.8) is 0 Å². The molecule has 2 aromatic heterocycles. The summed E-state index contributed by atoms with van der Waals surface area (Å²) in [7, 11) is 1.20. The highest BCUT2D eigenvalue weighted by Crippen LogP contribution is 2.39. The number of rotatable bonds is 9. The van der Waals surface area contributed by atoms with Gasteiger partial charge in [-0.15, -0.1) is 11.8 Å². The lowest BCUT2D eigenvalue weighted by atomic mass is 9.81. The average molecular weight is 567 g/mol. The van der Waals surface area contributed by atoms with Crippen molar-refractivity contribution < 1.29 is 4.79 Å². The third-order valence-electron chi connectivity index (χ3n) is 8.44. The van der Waals surface area contributed by atoms with Crippen LogP contribution in [0.3, 0.4) is 0 Å². The van der Waals surface area contributed by atoms with Gasteiger partial charge in [0.25, 0.3) is 11.5 Å². The molecule has 1 aliphatic rings. The molecule has 0 bridgehead atoms. The fourth-order valence-corrected chi connectivity index (χ4v) is 9.07. The van der Waals surface area contributed by atoms with Crippen molar-refractivity contribution in [2.75, 3.05) is 19.5 Å². The molecule has 1 aliphatic carbocycles. The smallest absolute Gasteiger partial charge is 0.254 e. The van der Waals surface area contributed by atoms with Gasteiger partial charge in [0.1, 0.15) is 0 Å². The molecule has 1 saturated carbocycles. The summed E-state index contributed by atoms with van der Waals surface area (Å²) in [6.07, 6.45) is 8.11. The van der Waals surface area contributed by atoms with Crippen LogP contribution in [0.2, 0.25) is 19.6 Å². The number of hydrogen-bond acceptors (Lipinski definition) is 4. The number of para-hydroxylation sites is 1. The van der Waals surface area contributed by atoms with Crippen molar-refractivity contribution >= 4 is 36.6 Å². The number of amides is 1. The Labute approximate surface area is 239 Å². The van der Waals surface area contributed by atoms with Crippen molar-refractivity contribution in [1.29, 1.82) is 0 Å². The van der Waals surface area contributed by atoms with Crippen LogP contribution in [0.15, 0.2) is 40.0 Å². The maximum atomic E-state index is 13.6. The molecule has 8 heteroatoms. The third kappa shape index (κ3) is 6.55. The van der Waals surface area contributed by atoms with E-state index in [9.17, 15) is 9.59 Å². The predicted molar refractivity (Wildman–Crippen MR) is 168 cm³/mol. The van der Waals surface area contributed by atoms with Gasteiger partial charge in [-0.2, -0.15) is 0 Å². The first-order chi connectivity index (χ1) is 18.4. The van der Waals surface area contributed by atoms with Crippen molar-refractivity contribution in [3.05, 3.63) is 63.2 Å². The van der Waals surface area contributed by atoms with Gasteiger partial charge in [0.15, 0.2) is 0 Å². The van der Waals surface area contributed by atoms with Crippen LogP contribution in [0.5, 0.6) is 0 Å². The zero-order valence-corrected chi connectivity index (χ0v) is 26.8. The molecular formula is C31H46N4O2SSi. The quantitative estimate of drug-likeness (QED) is 0.228. The SMILES string of the molecule is CSc1cc(C)[nH]c(=O)c1CNC(=O)c1c(C)n([C@H](C)C2CCC(N(C)C[Si](C)(C)C)CC2)c2ccccc12. The molecule has 3 aromatic rings. The Morgan fingerprint density at radius 3 is 2.49 bits per heavy atom. The minimum atomic E-state index is -1.12. The maximum absolute atomic E-state index is 13.6. The van der Waals surface area contributed by atoms with E-state index >= 15 is 0 Å². The lowest BCUT2D eigenvalue weighted by Gasteiger charge is -2.39. The first-order valence-corrected chi connectivity index (χ1v) is 19.2. The number of carbonyl (C=O) groups excluding carboxylic acids is 1. The summed E-state index contributed by atoms with van der Waals surface area (Å²) >= 11 is 1.53. The number of benzene rings is 1. The molecule has 6 nitrogen and oxygen atoms in total. The van der Waals surface area contributed by atoms with E-state index in [4.69, 9.17) is 0 Å². The molecule has 2 heterocycles. The molecule has 39 heavy (non-hydrogen) atoms. The molecular weight excluding hydrogens is 521 g/mol. The first-order valence-electron chi connectivity index (χ1n) is 14.3. The monoisotopic (exact) mass is 566 g/mol. The molecule has 1 fully saturated rings. The van der Waals surface area contributed by atoms with E-state index in [1.165, 1.54) is 43.6 Å². The number of H-pyrrole nitrogens is 1. The van der Waals surface area contributed by atoms with Gasteiger partial charge in [-0.05, 0) is 84.0 Å². The van der Waals surface area contributed by atoms with Crippen LogP contribution in [-0.4, -0.2) is 53.9 Å². The number of nitrogens with one attached hydrogen (secondary N) is 2. The van der Waals surface area contributed by atoms with Gasteiger partial charge in [-0.25, -0.2) is 0 Å². The zero-order valence-electron chi connectivity index (χ0n) is 25.0. The Bertz CT molecular complexity index is 1380. The molecule has 1 atom stereocenters. The minimum Gasteiger partial charge on any atom is -0.348 e. The van der Waals surface area contributed by atoms with Crippen LogP contribution >= 0.6 is 11.8 Å². The summed E-state index contributed by atoms with van der Waals surface area (Å²) in [5.74, 6) is 0.459. The largest absolute Gasteiger partial charge is 0.348 e. The number of fused-ring (bicyclic) bond motifs is 1. The normalized spacial score (nSPS) is 19.0. The highest BCUT2D eigenvalue weighted by molar-refractivity contribution is 7.98. The Morgan fingerprint density at radius 2 is 1.85 bits per heavy atom. The van der Waals surface area contributed by atoms with Crippen molar-refractivity contribution in [3.8, 4) is 0 Å². The summed E-state index contributed by atoms with van der Waals surface area (Å²) in [6, 6.07) is 11.2. The fourth-order valence-electron chi connectivity index (χ4n) is 6.61. The minimum absolute atomic E-state index is 0.127. The Balaban J connectivity index is 1.55. The number of aryl methyl sites for hydroxylation is 1. The van der Waals surface area contributed by atoms with Gasteiger partial charge in [-0.3, -0.25) is 9.59 Å². The lowest BCUT2D eigenvalue weighted by Crippen LogP contribution is -2.45. The van der Waals surface area contributed by atoms with E-state index in [-0.39, 0.29) is 18.0 Å². The number of pyridine rings is 1. The van der Waals surface area contributed by atoms with E-state index in [0.29, 0.717) is 23.6 Å². The van der Waals surface area contributed by atoms with Gasteiger partial charge in [0, 0.05) is 51.4 Å². The number of nitrogens with zero attached hydrogens (tertiary/aromatic N) is 2. The number of thioether (sulfide) groups is 1. The summed E-state index contributed by atoms with van der Waals surface area (Å²) in [5, 5.41) is 4.04. The number of carbonyl (C=O) groups is 1. The Hall–Kier alpha value is -2.29. The fraction of sp³-hybridized carbons (Fsp3) is 0.548.